The summed E-state index contributed by atoms with van der Waals surface area (Å²) in [5, 5.41) is 14.9. The molecule has 0 aliphatic rings. The number of ether oxygens (including phenoxy) is 1. The Hall–Kier alpha value is -4.35. The van der Waals surface area contributed by atoms with Crippen molar-refractivity contribution in [1.82, 2.24) is 9.78 Å². The SMILES string of the molecule is Cc1cccc(-c2cc(-c3ccccc3-c3cccc(OC(C)C(=O)O)c3)nn2-c2ccc(Cl)cc2)c1. The van der Waals surface area contributed by atoms with Crippen LogP contribution in [0.25, 0.3) is 39.3 Å². The quantitative estimate of drug-likeness (QED) is 0.245. The second-order valence-corrected chi connectivity index (χ2v) is 9.28. The molecule has 0 bridgehead atoms. The molecule has 1 aromatic heterocycles. The molecule has 1 N–H and O–H groups in total. The third-order valence-electron chi connectivity index (χ3n) is 6.10. The smallest absolute Gasteiger partial charge is 0.344 e. The van der Waals surface area contributed by atoms with E-state index in [0.717, 1.165) is 44.9 Å². The van der Waals surface area contributed by atoms with Crippen LogP contribution in [0.5, 0.6) is 5.75 Å². The van der Waals surface area contributed by atoms with Crippen molar-refractivity contribution < 1.29 is 14.6 Å². The molecule has 6 heteroatoms. The number of aryl methyl sites for hydroxylation is 1. The van der Waals surface area contributed by atoms with Gasteiger partial charge in [0.15, 0.2) is 6.10 Å². The molecule has 0 spiro atoms. The highest BCUT2D eigenvalue weighted by molar-refractivity contribution is 6.30. The molecule has 0 amide bonds. The number of halogens is 1. The van der Waals surface area contributed by atoms with Crippen molar-refractivity contribution in [3.63, 3.8) is 0 Å². The maximum absolute atomic E-state index is 11.3. The van der Waals surface area contributed by atoms with Gasteiger partial charge in [0, 0.05) is 16.1 Å². The Kier molecular flexibility index (Phi) is 6.80. The number of aliphatic carboxylic acids is 1. The fraction of sp³-hybridized carbons (Fsp3) is 0.0968. The molecule has 5 nitrogen and oxygen atoms in total. The number of carbonyl (C=O) groups is 1. The molecule has 0 saturated heterocycles. The van der Waals surface area contributed by atoms with Gasteiger partial charge in [-0.05, 0) is 73.5 Å². The van der Waals surface area contributed by atoms with E-state index < -0.39 is 12.1 Å². The molecule has 0 saturated carbocycles. The van der Waals surface area contributed by atoms with Crippen LogP contribution >= 0.6 is 11.6 Å². The summed E-state index contributed by atoms with van der Waals surface area (Å²) in [6.45, 7) is 3.59. The lowest BCUT2D eigenvalue weighted by molar-refractivity contribution is -0.144. The Labute approximate surface area is 220 Å². The number of benzene rings is 4. The lowest BCUT2D eigenvalue weighted by Gasteiger charge is -2.13. The summed E-state index contributed by atoms with van der Waals surface area (Å²) < 4.78 is 7.55. The van der Waals surface area contributed by atoms with Crippen molar-refractivity contribution in [3.8, 4) is 45.1 Å². The summed E-state index contributed by atoms with van der Waals surface area (Å²) in [7, 11) is 0. The lowest BCUT2D eigenvalue weighted by Crippen LogP contribution is -2.22. The fourth-order valence-corrected chi connectivity index (χ4v) is 4.38. The van der Waals surface area contributed by atoms with Crippen LogP contribution in [-0.2, 0) is 4.79 Å². The largest absolute Gasteiger partial charge is 0.479 e. The van der Waals surface area contributed by atoms with E-state index >= 15 is 0 Å². The van der Waals surface area contributed by atoms with Crippen molar-refractivity contribution in [2.24, 2.45) is 0 Å². The Balaban J connectivity index is 1.63. The Morgan fingerprint density at radius 1 is 0.865 bits per heavy atom. The first-order chi connectivity index (χ1) is 17.9. The minimum atomic E-state index is -1.01. The molecule has 1 unspecified atom stereocenters. The molecule has 1 heterocycles. The number of hydrogen-bond donors (Lipinski definition) is 1. The third kappa shape index (κ3) is 5.27. The van der Waals surface area contributed by atoms with E-state index in [4.69, 9.17) is 21.4 Å². The zero-order chi connectivity index (χ0) is 25.9. The van der Waals surface area contributed by atoms with Gasteiger partial charge in [-0.1, -0.05) is 71.8 Å². The molecule has 184 valence electrons. The second-order valence-electron chi connectivity index (χ2n) is 8.84. The molecule has 1 atom stereocenters. The number of nitrogens with zero attached hydrogens (tertiary/aromatic N) is 2. The summed E-state index contributed by atoms with van der Waals surface area (Å²) in [5.41, 5.74) is 7.72. The first-order valence-electron chi connectivity index (χ1n) is 11.9. The van der Waals surface area contributed by atoms with Gasteiger partial charge in [0.05, 0.1) is 17.1 Å². The van der Waals surface area contributed by atoms with Crippen LogP contribution in [0, 0.1) is 6.92 Å². The number of hydrogen-bond acceptors (Lipinski definition) is 3. The predicted molar refractivity (Wildman–Crippen MR) is 147 cm³/mol. The normalized spacial score (nSPS) is 11.8. The molecule has 5 aromatic rings. The van der Waals surface area contributed by atoms with Crippen molar-refractivity contribution in [2.75, 3.05) is 0 Å². The van der Waals surface area contributed by atoms with Gasteiger partial charge in [-0.15, -0.1) is 0 Å². The Bertz CT molecular complexity index is 1570. The van der Waals surface area contributed by atoms with E-state index in [1.165, 1.54) is 6.92 Å². The van der Waals surface area contributed by atoms with Gasteiger partial charge in [0.1, 0.15) is 5.75 Å². The number of carboxylic acid groups (broad SMARTS) is 1. The van der Waals surface area contributed by atoms with Crippen molar-refractivity contribution >= 4 is 17.6 Å². The van der Waals surface area contributed by atoms with E-state index in [1.807, 2.05) is 77.5 Å². The number of carboxylic acids is 1. The van der Waals surface area contributed by atoms with E-state index in [9.17, 15) is 9.90 Å². The molecule has 5 rings (SSSR count). The monoisotopic (exact) mass is 508 g/mol. The minimum Gasteiger partial charge on any atom is -0.479 e. The minimum absolute atomic E-state index is 0.495. The first-order valence-corrected chi connectivity index (χ1v) is 12.3. The number of aromatic nitrogens is 2. The van der Waals surface area contributed by atoms with E-state index in [1.54, 1.807) is 6.07 Å². The average Bonchev–Trinajstić information content (AvgIpc) is 3.35. The topological polar surface area (TPSA) is 64.3 Å². The van der Waals surface area contributed by atoms with Gasteiger partial charge in [-0.25, -0.2) is 9.48 Å². The summed E-state index contributed by atoms with van der Waals surface area (Å²) in [6.07, 6.45) is -0.947. The maximum atomic E-state index is 11.3. The standard InChI is InChI=1S/C31H25ClN2O3/c1-20-7-5-9-23(17-20)30-19-29(33-34(30)25-15-13-24(32)14-16-25)28-12-4-3-11-27(28)22-8-6-10-26(18-22)37-21(2)31(35)36/h3-19,21H,1-2H3,(H,35,36). The van der Waals surface area contributed by atoms with Crippen LogP contribution in [0.4, 0.5) is 0 Å². The van der Waals surface area contributed by atoms with Crippen LogP contribution < -0.4 is 4.74 Å². The zero-order valence-corrected chi connectivity index (χ0v) is 21.2. The van der Waals surface area contributed by atoms with Gasteiger partial charge in [-0.3, -0.25) is 0 Å². The molecule has 4 aromatic carbocycles. The highest BCUT2D eigenvalue weighted by atomic mass is 35.5. The number of rotatable bonds is 7. The predicted octanol–water partition coefficient (Wildman–Crippen LogP) is 7.69. The van der Waals surface area contributed by atoms with Crippen LogP contribution in [0.1, 0.15) is 12.5 Å². The van der Waals surface area contributed by atoms with Crippen LogP contribution in [0.3, 0.4) is 0 Å². The molecule has 37 heavy (non-hydrogen) atoms. The maximum Gasteiger partial charge on any atom is 0.344 e. The van der Waals surface area contributed by atoms with Crippen LogP contribution in [0.15, 0.2) is 103 Å². The summed E-state index contributed by atoms with van der Waals surface area (Å²) >= 11 is 6.16. The molecule has 0 aliphatic heterocycles. The van der Waals surface area contributed by atoms with Crippen molar-refractivity contribution in [3.05, 3.63) is 114 Å². The molecular formula is C31H25ClN2O3. The first kappa shape index (κ1) is 24.3. The van der Waals surface area contributed by atoms with Gasteiger partial charge < -0.3 is 9.84 Å². The van der Waals surface area contributed by atoms with Gasteiger partial charge in [0.2, 0.25) is 0 Å². The zero-order valence-electron chi connectivity index (χ0n) is 20.4. The molecule has 0 aliphatic carbocycles. The molecular weight excluding hydrogens is 484 g/mol. The van der Waals surface area contributed by atoms with Crippen LogP contribution in [0.2, 0.25) is 5.02 Å². The van der Waals surface area contributed by atoms with Crippen molar-refractivity contribution in [1.29, 1.82) is 0 Å². The van der Waals surface area contributed by atoms with E-state index in [2.05, 4.69) is 31.2 Å². The average molecular weight is 509 g/mol. The van der Waals surface area contributed by atoms with Crippen LogP contribution in [-0.4, -0.2) is 27.0 Å². The second kappa shape index (κ2) is 10.3. The van der Waals surface area contributed by atoms with E-state index in [-0.39, 0.29) is 0 Å². The lowest BCUT2D eigenvalue weighted by atomic mass is 9.97. The van der Waals surface area contributed by atoms with Gasteiger partial charge in [-0.2, -0.15) is 5.10 Å². The molecule has 0 fully saturated rings. The summed E-state index contributed by atoms with van der Waals surface area (Å²) in [5.74, 6) is -0.517. The highest BCUT2D eigenvalue weighted by Gasteiger charge is 2.17. The third-order valence-corrected chi connectivity index (χ3v) is 6.36. The molecule has 0 radical (unpaired) electrons. The Morgan fingerprint density at radius 3 is 2.30 bits per heavy atom. The van der Waals surface area contributed by atoms with Crippen molar-refractivity contribution in [2.45, 2.75) is 20.0 Å². The van der Waals surface area contributed by atoms with Gasteiger partial charge in [0.25, 0.3) is 0 Å². The fourth-order valence-electron chi connectivity index (χ4n) is 4.25. The summed E-state index contributed by atoms with van der Waals surface area (Å²) in [6, 6.07) is 33.5. The summed E-state index contributed by atoms with van der Waals surface area (Å²) in [4.78, 5) is 11.3. The van der Waals surface area contributed by atoms with Gasteiger partial charge >= 0.3 is 5.97 Å². The Morgan fingerprint density at radius 2 is 1.57 bits per heavy atom. The van der Waals surface area contributed by atoms with E-state index in [0.29, 0.717) is 10.8 Å². The highest BCUT2D eigenvalue weighted by Crippen LogP contribution is 2.36.